The molecule has 13 heavy (non-hydrogen) atoms. The number of nitrogens with one attached hydrogen (secondary N) is 1. The molecule has 1 aliphatic rings. The normalized spacial score (nSPS) is 34.2. The lowest BCUT2D eigenvalue weighted by Gasteiger charge is -2.32. The Morgan fingerprint density at radius 2 is 2.08 bits per heavy atom. The van der Waals surface area contributed by atoms with Crippen LogP contribution in [0.25, 0.3) is 0 Å². The fourth-order valence-electron chi connectivity index (χ4n) is 1.63. The summed E-state index contributed by atoms with van der Waals surface area (Å²) in [5, 5.41) is 9.87. The minimum Gasteiger partial charge on any atom is -0.378 e. The van der Waals surface area contributed by atoms with E-state index >= 15 is 0 Å². The maximum absolute atomic E-state index is 11.3. The zero-order valence-corrected chi connectivity index (χ0v) is 8.17. The topological polar surface area (TPSA) is 58.6 Å². The van der Waals surface area contributed by atoms with Crippen LogP contribution in [-0.4, -0.2) is 23.7 Å². The van der Waals surface area contributed by atoms with Crippen LogP contribution in [0.2, 0.25) is 0 Å². The highest BCUT2D eigenvalue weighted by Gasteiger charge is 2.40. The van der Waals surface area contributed by atoms with E-state index in [1.54, 1.807) is 0 Å². The van der Waals surface area contributed by atoms with Crippen LogP contribution >= 0.6 is 0 Å². The van der Waals surface area contributed by atoms with Crippen molar-refractivity contribution in [3.8, 4) is 0 Å². The molecule has 1 fully saturated rings. The van der Waals surface area contributed by atoms with Gasteiger partial charge in [-0.1, -0.05) is 6.92 Å². The van der Waals surface area contributed by atoms with E-state index in [1.165, 1.54) is 7.05 Å². The minimum absolute atomic E-state index is 0.509. The van der Waals surface area contributed by atoms with Gasteiger partial charge in [-0.2, -0.15) is 5.48 Å². The van der Waals surface area contributed by atoms with Crippen molar-refractivity contribution in [1.82, 2.24) is 5.48 Å². The van der Waals surface area contributed by atoms with Crippen molar-refractivity contribution in [2.45, 2.75) is 38.2 Å². The van der Waals surface area contributed by atoms with E-state index in [2.05, 4.69) is 17.2 Å². The van der Waals surface area contributed by atoms with Crippen molar-refractivity contribution in [2.24, 2.45) is 5.92 Å². The fraction of sp³-hybridized carbons (Fsp3) is 0.889. The van der Waals surface area contributed by atoms with E-state index < -0.39 is 11.6 Å². The summed E-state index contributed by atoms with van der Waals surface area (Å²) in [7, 11) is 1.51. The third-order valence-electron chi connectivity index (χ3n) is 2.68. The minimum atomic E-state index is -1.25. The Bertz CT molecular complexity index is 185. The smallest absolute Gasteiger partial charge is 0.356 e. The van der Waals surface area contributed by atoms with Gasteiger partial charge in [-0.15, -0.1) is 0 Å². The monoisotopic (exact) mass is 187 g/mol. The summed E-state index contributed by atoms with van der Waals surface area (Å²) in [4.78, 5) is 15.9. The predicted octanol–water partition coefficient (Wildman–Crippen LogP) is 0.605. The fourth-order valence-corrected chi connectivity index (χ4v) is 1.63. The molecule has 0 heterocycles. The van der Waals surface area contributed by atoms with Gasteiger partial charge in [-0.3, -0.25) is 0 Å². The maximum atomic E-state index is 11.3. The van der Waals surface area contributed by atoms with Crippen molar-refractivity contribution in [3.05, 3.63) is 0 Å². The van der Waals surface area contributed by atoms with Crippen molar-refractivity contribution < 1.29 is 14.7 Å². The largest absolute Gasteiger partial charge is 0.378 e. The predicted molar refractivity (Wildman–Crippen MR) is 47.7 cm³/mol. The van der Waals surface area contributed by atoms with E-state index in [9.17, 15) is 9.90 Å². The molecular weight excluding hydrogens is 170 g/mol. The van der Waals surface area contributed by atoms with Gasteiger partial charge in [0.25, 0.3) is 0 Å². The first-order valence-corrected chi connectivity index (χ1v) is 4.69. The zero-order chi connectivity index (χ0) is 9.90. The van der Waals surface area contributed by atoms with Crippen LogP contribution in [0.5, 0.6) is 0 Å². The Morgan fingerprint density at radius 3 is 2.54 bits per heavy atom. The lowest BCUT2D eigenvalue weighted by molar-refractivity contribution is -0.176. The molecule has 76 valence electrons. The Kier molecular flexibility index (Phi) is 3.27. The van der Waals surface area contributed by atoms with Crippen molar-refractivity contribution >= 4 is 5.97 Å². The van der Waals surface area contributed by atoms with Gasteiger partial charge in [0.15, 0.2) is 5.60 Å². The van der Waals surface area contributed by atoms with E-state index in [1.807, 2.05) is 0 Å². The van der Waals surface area contributed by atoms with Crippen molar-refractivity contribution in [2.75, 3.05) is 7.05 Å². The Hall–Kier alpha value is -0.610. The molecule has 1 rings (SSSR count). The average molecular weight is 187 g/mol. The van der Waals surface area contributed by atoms with Gasteiger partial charge >= 0.3 is 5.97 Å². The van der Waals surface area contributed by atoms with Crippen LogP contribution in [0.4, 0.5) is 0 Å². The molecule has 0 aromatic heterocycles. The molecule has 0 saturated heterocycles. The second kappa shape index (κ2) is 4.07. The molecule has 2 N–H and O–H groups in total. The lowest BCUT2D eigenvalue weighted by Crippen LogP contribution is -2.44. The number of carbonyl (C=O) groups is 1. The van der Waals surface area contributed by atoms with Crippen molar-refractivity contribution in [3.63, 3.8) is 0 Å². The van der Waals surface area contributed by atoms with E-state index in [0.717, 1.165) is 12.8 Å². The highest BCUT2D eigenvalue weighted by atomic mass is 16.7. The second-order valence-electron chi connectivity index (χ2n) is 3.81. The van der Waals surface area contributed by atoms with Crippen molar-refractivity contribution in [1.29, 1.82) is 0 Å². The SMILES string of the molecule is CNOC(=O)C1(O)CCC(C)CC1. The molecule has 0 aromatic rings. The molecule has 0 aliphatic heterocycles. The first-order chi connectivity index (χ1) is 6.08. The van der Waals surface area contributed by atoms with Gasteiger partial charge in [0.2, 0.25) is 0 Å². The average Bonchev–Trinajstić information content (AvgIpc) is 2.11. The van der Waals surface area contributed by atoms with Crippen LogP contribution in [0.1, 0.15) is 32.6 Å². The van der Waals surface area contributed by atoms with E-state index in [-0.39, 0.29) is 0 Å². The van der Waals surface area contributed by atoms with Crippen LogP contribution in [0.15, 0.2) is 0 Å². The Balaban J connectivity index is 2.51. The quantitative estimate of drug-likeness (QED) is 0.622. The maximum Gasteiger partial charge on any atom is 0.356 e. The number of rotatable bonds is 2. The second-order valence-corrected chi connectivity index (χ2v) is 3.81. The summed E-state index contributed by atoms with van der Waals surface area (Å²) < 4.78 is 0. The summed E-state index contributed by atoms with van der Waals surface area (Å²) in [5.74, 6) is 0.0459. The Morgan fingerprint density at radius 1 is 1.54 bits per heavy atom. The number of hydroxylamine groups is 1. The zero-order valence-electron chi connectivity index (χ0n) is 8.17. The molecule has 1 aliphatic carbocycles. The number of hydrogen-bond donors (Lipinski definition) is 2. The summed E-state index contributed by atoms with van der Waals surface area (Å²) in [6.45, 7) is 2.13. The first-order valence-electron chi connectivity index (χ1n) is 4.69. The molecule has 0 aromatic carbocycles. The summed E-state index contributed by atoms with van der Waals surface area (Å²) in [6, 6.07) is 0. The number of carbonyl (C=O) groups excluding carboxylic acids is 1. The lowest BCUT2D eigenvalue weighted by atomic mass is 9.80. The molecule has 0 radical (unpaired) electrons. The molecule has 0 spiro atoms. The van der Waals surface area contributed by atoms with Gasteiger partial charge in [0.1, 0.15) is 0 Å². The highest BCUT2D eigenvalue weighted by Crippen LogP contribution is 2.32. The summed E-state index contributed by atoms with van der Waals surface area (Å²) >= 11 is 0. The summed E-state index contributed by atoms with van der Waals surface area (Å²) in [5.41, 5.74) is 1.04. The van der Waals surface area contributed by atoms with E-state index in [0.29, 0.717) is 18.8 Å². The number of hydrogen-bond acceptors (Lipinski definition) is 4. The highest BCUT2D eigenvalue weighted by molar-refractivity contribution is 5.79. The van der Waals surface area contributed by atoms with Crippen LogP contribution in [0, 0.1) is 5.92 Å². The molecule has 1 saturated carbocycles. The standard InChI is InChI=1S/C9H17NO3/c1-7-3-5-9(12,6-4-7)8(11)13-10-2/h7,10,12H,3-6H2,1-2H3. The molecular formula is C9H17NO3. The van der Waals surface area contributed by atoms with Gasteiger partial charge in [0, 0.05) is 7.05 Å². The van der Waals surface area contributed by atoms with Gasteiger partial charge < -0.3 is 9.94 Å². The third-order valence-corrected chi connectivity index (χ3v) is 2.68. The molecule has 0 bridgehead atoms. The van der Waals surface area contributed by atoms with Crippen LogP contribution in [-0.2, 0) is 9.63 Å². The molecule has 0 atom stereocenters. The number of aliphatic hydroxyl groups is 1. The first kappa shape index (κ1) is 10.5. The molecule has 4 nitrogen and oxygen atoms in total. The molecule has 0 amide bonds. The molecule has 4 heteroatoms. The van der Waals surface area contributed by atoms with Crippen LogP contribution in [0.3, 0.4) is 0 Å². The third kappa shape index (κ3) is 2.42. The van der Waals surface area contributed by atoms with Gasteiger partial charge in [-0.25, -0.2) is 4.79 Å². The van der Waals surface area contributed by atoms with Gasteiger partial charge in [0.05, 0.1) is 0 Å². The molecule has 0 unspecified atom stereocenters. The Labute approximate surface area is 78.2 Å². The van der Waals surface area contributed by atoms with Gasteiger partial charge in [-0.05, 0) is 31.6 Å². The summed E-state index contributed by atoms with van der Waals surface area (Å²) in [6.07, 6.45) is 2.79. The van der Waals surface area contributed by atoms with Crippen LogP contribution < -0.4 is 5.48 Å². The van der Waals surface area contributed by atoms with E-state index in [4.69, 9.17) is 0 Å².